The lowest BCUT2D eigenvalue weighted by Crippen LogP contribution is -2.08. The van der Waals surface area contributed by atoms with Crippen molar-refractivity contribution in [3.05, 3.63) is 57.4 Å². The molecule has 27 heavy (non-hydrogen) atoms. The number of fused-ring (bicyclic) bond motifs is 3. The predicted molar refractivity (Wildman–Crippen MR) is 109 cm³/mol. The number of carbonyl (C=O) groups is 1. The number of aromatic nitrogens is 1. The molecule has 2 heterocycles. The van der Waals surface area contributed by atoms with Gasteiger partial charge >= 0.3 is 5.97 Å². The van der Waals surface area contributed by atoms with Crippen molar-refractivity contribution in [3.8, 4) is 0 Å². The van der Waals surface area contributed by atoms with Gasteiger partial charge in [-0.3, -0.25) is 4.79 Å². The molecule has 1 aliphatic rings. The monoisotopic (exact) mass is 467 g/mol. The van der Waals surface area contributed by atoms with Gasteiger partial charge in [-0.25, -0.2) is 4.39 Å². The van der Waals surface area contributed by atoms with Gasteiger partial charge in [0.1, 0.15) is 11.9 Å². The number of ether oxygens (including phenoxy) is 1. The van der Waals surface area contributed by atoms with Gasteiger partial charge in [0.05, 0.1) is 11.2 Å². The Morgan fingerprint density at radius 1 is 1.37 bits per heavy atom. The molecule has 0 spiro atoms. The van der Waals surface area contributed by atoms with E-state index in [0.717, 1.165) is 26.4 Å². The lowest BCUT2D eigenvalue weighted by Gasteiger charge is -2.13. The normalized spacial score (nSPS) is 15.9. The summed E-state index contributed by atoms with van der Waals surface area (Å²) in [5.74, 6) is -0.530. The molecule has 0 bridgehead atoms. The quantitative estimate of drug-likeness (QED) is 0.397. The summed E-state index contributed by atoms with van der Waals surface area (Å²) in [5, 5.41) is 1.60. The Morgan fingerprint density at radius 2 is 2.11 bits per heavy atom. The Hall–Kier alpha value is -1.50. The Kier molecular flexibility index (Phi) is 5.23. The van der Waals surface area contributed by atoms with Crippen molar-refractivity contribution < 1.29 is 13.9 Å². The molecule has 1 aliphatic heterocycles. The summed E-state index contributed by atoms with van der Waals surface area (Å²) in [7, 11) is 0. The molecule has 140 valence electrons. The second-order valence-electron chi connectivity index (χ2n) is 6.32. The van der Waals surface area contributed by atoms with Crippen molar-refractivity contribution in [1.82, 2.24) is 4.57 Å². The summed E-state index contributed by atoms with van der Waals surface area (Å²) < 4.78 is 22.5. The average molecular weight is 469 g/mol. The molecular weight excluding hydrogens is 453 g/mol. The summed E-state index contributed by atoms with van der Waals surface area (Å²) in [5.41, 5.74) is 1.74. The van der Waals surface area contributed by atoms with E-state index < -0.39 is 0 Å². The maximum atomic E-state index is 14.1. The number of hydrogen-bond acceptors (Lipinski definition) is 3. The molecule has 0 fully saturated rings. The molecule has 0 aliphatic carbocycles. The van der Waals surface area contributed by atoms with Gasteiger partial charge in [-0.05, 0) is 52.3 Å². The molecule has 1 aromatic heterocycles. The second-order valence-corrected chi connectivity index (χ2v) is 8.70. The fraction of sp³-hybridized carbons (Fsp3) is 0.250. The van der Waals surface area contributed by atoms with Gasteiger partial charge in [-0.15, -0.1) is 0 Å². The van der Waals surface area contributed by atoms with Crippen LogP contribution >= 0.6 is 39.3 Å². The molecule has 0 N–H and O–H groups in total. The molecule has 1 unspecified atom stereocenters. The van der Waals surface area contributed by atoms with Gasteiger partial charge in [0.25, 0.3) is 0 Å². The number of benzene rings is 2. The van der Waals surface area contributed by atoms with Crippen molar-refractivity contribution in [3.63, 3.8) is 0 Å². The molecule has 0 amide bonds. The highest BCUT2D eigenvalue weighted by molar-refractivity contribution is 9.10. The molecule has 2 aromatic carbocycles. The van der Waals surface area contributed by atoms with Crippen molar-refractivity contribution in [2.45, 2.75) is 42.2 Å². The van der Waals surface area contributed by atoms with E-state index in [-0.39, 0.29) is 17.9 Å². The zero-order valence-corrected chi connectivity index (χ0v) is 17.6. The van der Waals surface area contributed by atoms with Crippen LogP contribution in [0.1, 0.15) is 31.6 Å². The summed E-state index contributed by atoms with van der Waals surface area (Å²) in [4.78, 5) is 13.9. The summed E-state index contributed by atoms with van der Waals surface area (Å²) in [6, 6.07) is 10.6. The highest BCUT2D eigenvalue weighted by Crippen LogP contribution is 2.48. The molecule has 0 saturated carbocycles. The van der Waals surface area contributed by atoms with Crippen LogP contribution in [0.2, 0.25) is 5.02 Å². The zero-order valence-electron chi connectivity index (χ0n) is 14.5. The highest BCUT2D eigenvalue weighted by Gasteiger charge is 2.33. The number of esters is 1. The van der Waals surface area contributed by atoms with Crippen LogP contribution in [-0.2, 0) is 16.1 Å². The molecule has 3 nitrogen and oxygen atoms in total. The van der Waals surface area contributed by atoms with Crippen LogP contribution in [0.3, 0.4) is 0 Å². The molecule has 3 aromatic rings. The third kappa shape index (κ3) is 3.50. The fourth-order valence-electron chi connectivity index (χ4n) is 3.40. The Morgan fingerprint density at radius 3 is 2.81 bits per heavy atom. The second kappa shape index (κ2) is 7.49. The van der Waals surface area contributed by atoms with E-state index >= 15 is 0 Å². The Balaban J connectivity index is 1.88. The van der Waals surface area contributed by atoms with Crippen LogP contribution in [-0.4, -0.2) is 10.5 Å². The number of nitrogens with zero attached hydrogens (tertiary/aromatic N) is 1. The van der Waals surface area contributed by atoms with E-state index in [9.17, 15) is 9.18 Å². The van der Waals surface area contributed by atoms with Crippen molar-refractivity contribution in [2.75, 3.05) is 0 Å². The smallest absolute Gasteiger partial charge is 0.306 e. The van der Waals surface area contributed by atoms with Gasteiger partial charge in [0.15, 0.2) is 0 Å². The maximum Gasteiger partial charge on any atom is 0.306 e. The highest BCUT2D eigenvalue weighted by atomic mass is 79.9. The van der Waals surface area contributed by atoms with Crippen LogP contribution in [0.5, 0.6) is 0 Å². The van der Waals surface area contributed by atoms with Crippen molar-refractivity contribution in [1.29, 1.82) is 0 Å². The van der Waals surface area contributed by atoms with Crippen LogP contribution in [0, 0.1) is 5.82 Å². The molecule has 7 heteroatoms. The van der Waals surface area contributed by atoms with E-state index in [1.54, 1.807) is 24.8 Å². The van der Waals surface area contributed by atoms with Crippen LogP contribution < -0.4 is 0 Å². The topological polar surface area (TPSA) is 31.2 Å². The SMILES string of the molecule is CCC(=O)OC1CCn2c1c(Sc1ccc(Cl)cc1)c1c(Br)cc(F)cc12. The number of halogens is 3. The zero-order chi connectivity index (χ0) is 19.1. The lowest BCUT2D eigenvalue weighted by molar-refractivity contribution is -0.149. The minimum absolute atomic E-state index is 0.230. The van der Waals surface area contributed by atoms with Crippen molar-refractivity contribution >= 4 is 56.2 Å². The van der Waals surface area contributed by atoms with Gasteiger partial charge in [-0.1, -0.05) is 30.3 Å². The Bertz CT molecular complexity index is 1030. The number of rotatable bonds is 4. The Labute approximate surface area is 174 Å². The summed E-state index contributed by atoms with van der Waals surface area (Å²) >= 11 is 11.1. The summed E-state index contributed by atoms with van der Waals surface area (Å²) in [6.45, 7) is 2.47. The first-order chi connectivity index (χ1) is 13.0. The molecule has 0 saturated heterocycles. The first-order valence-electron chi connectivity index (χ1n) is 8.62. The third-order valence-electron chi connectivity index (χ3n) is 4.59. The van der Waals surface area contributed by atoms with Crippen LogP contribution in [0.4, 0.5) is 4.39 Å². The molecule has 4 rings (SSSR count). The van der Waals surface area contributed by atoms with Crippen LogP contribution in [0.15, 0.2) is 50.7 Å². The van der Waals surface area contributed by atoms with Gasteiger partial charge < -0.3 is 9.30 Å². The molecule has 1 atom stereocenters. The molecule has 0 radical (unpaired) electrons. The van der Waals surface area contributed by atoms with E-state index in [2.05, 4.69) is 20.5 Å². The minimum Gasteiger partial charge on any atom is -0.456 e. The average Bonchev–Trinajstić information content (AvgIpc) is 3.17. The minimum atomic E-state index is -0.324. The first kappa shape index (κ1) is 18.8. The van der Waals surface area contributed by atoms with Crippen LogP contribution in [0.25, 0.3) is 10.9 Å². The van der Waals surface area contributed by atoms with Gasteiger partial charge in [0.2, 0.25) is 0 Å². The van der Waals surface area contributed by atoms with Gasteiger partial charge in [0, 0.05) is 44.1 Å². The van der Waals surface area contributed by atoms with Crippen molar-refractivity contribution in [2.24, 2.45) is 0 Å². The molecular formula is C20H16BrClFNO2S. The van der Waals surface area contributed by atoms with E-state index in [1.165, 1.54) is 6.07 Å². The van der Waals surface area contributed by atoms with Gasteiger partial charge in [-0.2, -0.15) is 0 Å². The van der Waals surface area contributed by atoms with E-state index in [1.807, 2.05) is 24.3 Å². The standard InChI is InChI=1S/C20H16BrClFNO2S/c1-2-17(25)26-16-7-8-24-15-10-12(23)9-14(21)18(15)20(19(16)24)27-13-5-3-11(22)4-6-13/h3-6,9-10,16H,2,7-8H2,1H3. The predicted octanol–water partition coefficient (Wildman–Crippen LogP) is 6.75. The fourth-order valence-corrected chi connectivity index (χ4v) is 5.45. The third-order valence-corrected chi connectivity index (χ3v) is 6.59. The number of aryl methyl sites for hydroxylation is 1. The maximum absolute atomic E-state index is 14.1. The lowest BCUT2D eigenvalue weighted by atomic mass is 10.2. The number of hydrogen-bond donors (Lipinski definition) is 0. The first-order valence-corrected chi connectivity index (χ1v) is 10.6. The number of carbonyl (C=O) groups excluding carboxylic acids is 1. The van der Waals surface area contributed by atoms with E-state index in [4.69, 9.17) is 16.3 Å². The summed E-state index contributed by atoms with van der Waals surface area (Å²) in [6.07, 6.45) is 0.697. The largest absolute Gasteiger partial charge is 0.456 e. The van der Waals surface area contributed by atoms with E-state index in [0.29, 0.717) is 28.9 Å².